The third-order valence-electron chi connectivity index (χ3n) is 8.01. The second-order valence-electron chi connectivity index (χ2n) is 14.4. The van der Waals surface area contributed by atoms with E-state index in [1.807, 2.05) is 52.0 Å². The summed E-state index contributed by atoms with van der Waals surface area (Å²) in [4.78, 5) is 34.5. The predicted molar refractivity (Wildman–Crippen MR) is 184 cm³/mol. The van der Waals surface area contributed by atoms with E-state index in [0.29, 0.717) is 60.1 Å². The van der Waals surface area contributed by atoms with Gasteiger partial charge in [-0.25, -0.2) is 19.5 Å². The summed E-state index contributed by atoms with van der Waals surface area (Å²) in [5.74, 6) is 1.15. The van der Waals surface area contributed by atoms with Gasteiger partial charge in [0, 0.05) is 24.8 Å². The van der Waals surface area contributed by atoms with Gasteiger partial charge in [0.05, 0.1) is 36.0 Å². The van der Waals surface area contributed by atoms with Crippen molar-refractivity contribution in [3.63, 3.8) is 0 Å². The molecule has 4 aromatic rings. The third kappa shape index (κ3) is 7.25. The number of anilines is 2. The van der Waals surface area contributed by atoms with E-state index in [9.17, 15) is 14.7 Å². The number of rotatable bonds is 8. The first kappa shape index (κ1) is 34.2. The summed E-state index contributed by atoms with van der Waals surface area (Å²) >= 11 is 0. The number of hydrogen-bond donors (Lipinski definition) is 1. The van der Waals surface area contributed by atoms with Crippen molar-refractivity contribution in [3.8, 4) is 5.75 Å². The molecule has 254 valence electrons. The van der Waals surface area contributed by atoms with Gasteiger partial charge < -0.3 is 28.5 Å². The number of benzene rings is 1. The molecule has 0 bridgehead atoms. The lowest BCUT2D eigenvalue weighted by atomic mass is 9.87. The third-order valence-corrected chi connectivity index (χ3v) is 8.83. The number of carbonyl (C=O) groups is 2. The van der Waals surface area contributed by atoms with E-state index in [-0.39, 0.29) is 17.6 Å². The van der Waals surface area contributed by atoms with E-state index in [0.717, 1.165) is 12.1 Å². The SMILES string of the molecule is CCOc1ccc(N(C(=O)OC(C)(C)C)c2c3cc(C(O[SiH](C)C)C(C)(C)C)n([C@H]4CCCN(C(=O)O)C4)c3nc3ccnn23)cc1. The van der Waals surface area contributed by atoms with Crippen molar-refractivity contribution < 1.29 is 28.6 Å². The van der Waals surface area contributed by atoms with E-state index in [1.54, 1.807) is 16.8 Å². The second kappa shape index (κ2) is 13.2. The normalized spacial score (nSPS) is 16.6. The molecule has 0 spiro atoms. The zero-order valence-corrected chi connectivity index (χ0v) is 30.1. The lowest BCUT2D eigenvalue weighted by Crippen LogP contribution is -2.41. The number of hydrogen-bond acceptors (Lipinski definition) is 7. The van der Waals surface area contributed by atoms with Gasteiger partial charge >= 0.3 is 12.2 Å². The van der Waals surface area contributed by atoms with E-state index in [2.05, 4.69) is 49.6 Å². The average molecular weight is 665 g/mol. The number of piperidine rings is 1. The van der Waals surface area contributed by atoms with Crippen LogP contribution in [0.15, 0.2) is 42.6 Å². The van der Waals surface area contributed by atoms with Crippen LogP contribution >= 0.6 is 0 Å². The smallest absolute Gasteiger partial charge is 0.420 e. The van der Waals surface area contributed by atoms with Crippen LogP contribution in [0.25, 0.3) is 16.7 Å². The minimum Gasteiger partial charge on any atom is -0.494 e. The second-order valence-corrected chi connectivity index (χ2v) is 16.8. The molecule has 5 rings (SSSR count). The minimum atomic E-state index is -1.55. The molecule has 1 aromatic carbocycles. The summed E-state index contributed by atoms with van der Waals surface area (Å²) in [6.45, 7) is 19.5. The first-order valence-corrected chi connectivity index (χ1v) is 19.1. The molecular formula is C34H48N6O6Si. The van der Waals surface area contributed by atoms with Crippen molar-refractivity contribution in [2.75, 3.05) is 24.6 Å². The molecule has 2 atom stereocenters. The standard InChI is InChI=1S/C34H48N6O6Si/c1-10-44-24-15-13-22(14-16-24)39(32(43)45-34(5,6)7)30-25-20-26(28(33(2,3)4)46-47(8)9)38(23-12-11-19-37(21-23)31(41)42)29(25)36-27-17-18-35-40(27)30/h13-18,20,23,28,47H,10-12,19,21H2,1-9H3,(H,41,42)/t23-,28?/m0/s1. The van der Waals surface area contributed by atoms with Gasteiger partial charge in [0.1, 0.15) is 17.0 Å². The quantitative estimate of drug-likeness (QED) is 0.192. The zero-order valence-electron chi connectivity index (χ0n) is 29.0. The molecule has 4 heterocycles. The van der Waals surface area contributed by atoms with Crippen LogP contribution in [0, 0.1) is 5.41 Å². The molecule has 0 aliphatic carbocycles. The van der Waals surface area contributed by atoms with Crippen molar-refractivity contribution in [1.82, 2.24) is 24.1 Å². The Morgan fingerprint density at radius 2 is 1.81 bits per heavy atom. The summed E-state index contributed by atoms with van der Waals surface area (Å²) in [6.07, 6.45) is 1.31. The van der Waals surface area contributed by atoms with E-state index in [4.69, 9.17) is 18.9 Å². The van der Waals surface area contributed by atoms with Gasteiger partial charge in [-0.15, -0.1) is 0 Å². The molecule has 12 nitrogen and oxygen atoms in total. The van der Waals surface area contributed by atoms with Crippen LogP contribution in [0.1, 0.15) is 79.1 Å². The van der Waals surface area contributed by atoms with Crippen LogP contribution in [0.2, 0.25) is 13.1 Å². The largest absolute Gasteiger partial charge is 0.494 e. The van der Waals surface area contributed by atoms with Crippen molar-refractivity contribution in [2.24, 2.45) is 5.41 Å². The lowest BCUT2D eigenvalue weighted by Gasteiger charge is -2.37. The Bertz CT molecular complexity index is 1740. The zero-order chi connectivity index (χ0) is 34.3. The predicted octanol–water partition coefficient (Wildman–Crippen LogP) is 7.56. The molecular weight excluding hydrogens is 616 g/mol. The first-order valence-electron chi connectivity index (χ1n) is 16.4. The number of carbonyl (C=O) groups excluding carboxylic acids is 1. The molecule has 47 heavy (non-hydrogen) atoms. The van der Waals surface area contributed by atoms with Crippen LogP contribution in [-0.4, -0.2) is 75.7 Å². The first-order chi connectivity index (χ1) is 22.1. The molecule has 13 heteroatoms. The molecule has 1 aliphatic heterocycles. The average Bonchev–Trinajstić information content (AvgIpc) is 3.60. The van der Waals surface area contributed by atoms with Crippen LogP contribution in [-0.2, 0) is 9.16 Å². The Morgan fingerprint density at radius 3 is 2.40 bits per heavy atom. The summed E-state index contributed by atoms with van der Waals surface area (Å²) in [5, 5.41) is 15.3. The monoisotopic (exact) mass is 664 g/mol. The molecule has 1 saturated heterocycles. The van der Waals surface area contributed by atoms with Crippen molar-refractivity contribution in [2.45, 2.75) is 92.1 Å². The number of amides is 2. The molecule has 0 radical (unpaired) electrons. The minimum absolute atomic E-state index is 0.194. The van der Waals surface area contributed by atoms with Crippen LogP contribution in [0.3, 0.4) is 0 Å². The van der Waals surface area contributed by atoms with Gasteiger partial charge in [-0.1, -0.05) is 20.8 Å². The van der Waals surface area contributed by atoms with Gasteiger partial charge in [-0.3, -0.25) is 0 Å². The highest BCUT2D eigenvalue weighted by molar-refractivity contribution is 6.48. The maximum atomic E-state index is 14.2. The maximum absolute atomic E-state index is 14.2. The fourth-order valence-electron chi connectivity index (χ4n) is 6.19. The number of carboxylic acid groups (broad SMARTS) is 1. The van der Waals surface area contributed by atoms with E-state index < -0.39 is 26.8 Å². The molecule has 0 saturated carbocycles. The van der Waals surface area contributed by atoms with Crippen LogP contribution in [0.4, 0.5) is 21.1 Å². The van der Waals surface area contributed by atoms with Crippen molar-refractivity contribution >= 4 is 49.4 Å². The van der Waals surface area contributed by atoms with E-state index in [1.165, 1.54) is 9.80 Å². The fraction of sp³-hybridized carbons (Fsp3) is 0.529. The Hall–Kier alpha value is -4.10. The summed E-state index contributed by atoms with van der Waals surface area (Å²) < 4.78 is 22.3. The molecule has 2 amide bonds. The Balaban J connectivity index is 1.85. The van der Waals surface area contributed by atoms with Crippen LogP contribution < -0.4 is 9.64 Å². The maximum Gasteiger partial charge on any atom is 0.420 e. The van der Waals surface area contributed by atoms with Gasteiger partial charge in [0.2, 0.25) is 0 Å². The van der Waals surface area contributed by atoms with Gasteiger partial charge in [0.15, 0.2) is 20.5 Å². The highest BCUT2D eigenvalue weighted by atomic mass is 28.3. The Morgan fingerprint density at radius 1 is 1.11 bits per heavy atom. The fourth-order valence-corrected chi connectivity index (χ4v) is 7.28. The van der Waals surface area contributed by atoms with Crippen molar-refractivity contribution in [1.29, 1.82) is 0 Å². The van der Waals surface area contributed by atoms with Crippen molar-refractivity contribution in [3.05, 3.63) is 48.3 Å². The number of likely N-dealkylation sites (tertiary alicyclic amines) is 1. The Labute approximate surface area is 277 Å². The number of aromatic nitrogens is 4. The van der Waals surface area contributed by atoms with Crippen LogP contribution in [0.5, 0.6) is 5.75 Å². The highest BCUT2D eigenvalue weighted by Gasteiger charge is 2.38. The summed E-state index contributed by atoms with van der Waals surface area (Å²) in [6, 6.07) is 11.0. The van der Waals surface area contributed by atoms with Gasteiger partial charge in [-0.2, -0.15) is 9.61 Å². The van der Waals surface area contributed by atoms with Gasteiger partial charge in [0.25, 0.3) is 0 Å². The molecule has 1 unspecified atom stereocenters. The summed E-state index contributed by atoms with van der Waals surface area (Å²) in [5.41, 5.74) is 1.55. The number of nitrogens with zero attached hydrogens (tertiary/aromatic N) is 6. The molecule has 3 aromatic heterocycles. The number of ether oxygens (including phenoxy) is 2. The summed E-state index contributed by atoms with van der Waals surface area (Å²) in [7, 11) is -1.55. The van der Waals surface area contributed by atoms with E-state index >= 15 is 0 Å². The highest BCUT2D eigenvalue weighted by Crippen LogP contribution is 2.44. The number of fused-ring (bicyclic) bond motifs is 2. The topological polar surface area (TPSA) is 124 Å². The lowest BCUT2D eigenvalue weighted by molar-refractivity contribution is 0.0597. The molecule has 1 N–H and O–H groups in total. The van der Waals surface area contributed by atoms with Gasteiger partial charge in [-0.05, 0) is 89.4 Å². The Kier molecular flexibility index (Phi) is 9.61. The molecule has 1 aliphatic rings. The molecule has 1 fully saturated rings.